The number of halogens is 1. The first-order chi connectivity index (χ1) is 8.00. The van der Waals surface area contributed by atoms with Gasteiger partial charge in [0.25, 0.3) is 0 Å². The fraction of sp³-hybridized carbons (Fsp3) is 1.00. The Labute approximate surface area is 128 Å². The van der Waals surface area contributed by atoms with Gasteiger partial charge < -0.3 is 5.11 Å². The van der Waals surface area contributed by atoms with Gasteiger partial charge in [-0.2, -0.15) is 0 Å². The Hall–Kier alpha value is 0.690. The number of aliphatic hydroxyl groups excluding tert-OH is 1. The van der Waals surface area contributed by atoms with E-state index in [1.165, 1.54) is 0 Å². The Kier molecular flexibility index (Phi) is 7.75. The third kappa shape index (κ3) is 5.36. The van der Waals surface area contributed by atoms with Gasteiger partial charge >= 0.3 is 0 Å². The molecule has 0 aliphatic heterocycles. The lowest BCUT2D eigenvalue weighted by atomic mass is 9.70. The minimum absolute atomic E-state index is 0.00287. The molecule has 0 saturated heterocycles. The fourth-order valence-electron chi connectivity index (χ4n) is 2.60. The molecular formula is C16H33IO. The van der Waals surface area contributed by atoms with E-state index in [2.05, 4.69) is 78.0 Å². The van der Waals surface area contributed by atoms with Crippen LogP contribution in [0.2, 0.25) is 0 Å². The van der Waals surface area contributed by atoms with E-state index in [1.807, 2.05) is 0 Å². The fourth-order valence-corrected chi connectivity index (χ4v) is 3.26. The van der Waals surface area contributed by atoms with Gasteiger partial charge in [-0.25, -0.2) is 0 Å². The second-order valence-electron chi connectivity index (χ2n) is 7.25. The Balaban J connectivity index is 4.68. The largest absolute Gasteiger partial charge is 0.392 e. The molecule has 0 bridgehead atoms. The predicted octanol–water partition coefficient (Wildman–Crippen LogP) is 5.15. The van der Waals surface area contributed by atoms with Crippen LogP contribution >= 0.6 is 22.6 Å². The lowest BCUT2D eigenvalue weighted by Gasteiger charge is -2.40. The normalized spacial score (nSPS) is 21.5. The van der Waals surface area contributed by atoms with Crippen molar-refractivity contribution in [1.29, 1.82) is 0 Å². The van der Waals surface area contributed by atoms with Gasteiger partial charge in [0.05, 0.1) is 6.10 Å². The Morgan fingerprint density at radius 2 is 1.39 bits per heavy atom. The highest BCUT2D eigenvalue weighted by Crippen LogP contribution is 2.38. The van der Waals surface area contributed by atoms with Crippen LogP contribution in [0.15, 0.2) is 0 Å². The highest BCUT2D eigenvalue weighted by atomic mass is 127. The number of hydrogen-bond donors (Lipinski definition) is 1. The molecule has 0 fully saturated rings. The monoisotopic (exact) mass is 368 g/mol. The molecule has 110 valence electrons. The van der Waals surface area contributed by atoms with E-state index in [-0.39, 0.29) is 11.5 Å². The van der Waals surface area contributed by atoms with Crippen LogP contribution in [0.3, 0.4) is 0 Å². The third-order valence-corrected chi connectivity index (χ3v) is 5.97. The van der Waals surface area contributed by atoms with Gasteiger partial charge in [0.2, 0.25) is 0 Å². The van der Waals surface area contributed by atoms with Gasteiger partial charge in [-0.3, -0.25) is 0 Å². The first-order valence-corrected chi connectivity index (χ1v) is 8.57. The van der Waals surface area contributed by atoms with Crippen molar-refractivity contribution >= 4 is 22.6 Å². The summed E-state index contributed by atoms with van der Waals surface area (Å²) in [5, 5.41) is 10.7. The lowest BCUT2D eigenvalue weighted by Crippen LogP contribution is -2.40. The molecule has 0 aromatic heterocycles. The van der Waals surface area contributed by atoms with E-state index in [1.54, 1.807) is 0 Å². The molecule has 0 saturated carbocycles. The molecule has 0 rings (SSSR count). The summed E-state index contributed by atoms with van der Waals surface area (Å²) in [7, 11) is 0. The molecule has 1 nitrogen and oxygen atoms in total. The van der Waals surface area contributed by atoms with Crippen molar-refractivity contribution in [2.75, 3.05) is 0 Å². The topological polar surface area (TPSA) is 20.2 Å². The van der Waals surface area contributed by atoms with Gasteiger partial charge in [0.15, 0.2) is 0 Å². The molecule has 0 heterocycles. The maximum atomic E-state index is 10.7. The Morgan fingerprint density at radius 3 is 1.72 bits per heavy atom. The van der Waals surface area contributed by atoms with E-state index < -0.39 is 0 Å². The maximum absolute atomic E-state index is 10.7. The zero-order valence-electron chi connectivity index (χ0n) is 13.5. The van der Waals surface area contributed by atoms with Crippen LogP contribution in [0, 0.1) is 29.1 Å². The first kappa shape index (κ1) is 18.7. The second-order valence-corrected chi connectivity index (χ2v) is 9.22. The van der Waals surface area contributed by atoms with Crippen LogP contribution in [0.5, 0.6) is 0 Å². The molecule has 0 spiro atoms. The minimum atomic E-state index is -0.217. The number of alkyl halides is 1. The molecule has 0 aliphatic rings. The van der Waals surface area contributed by atoms with Crippen LogP contribution in [0.1, 0.15) is 61.8 Å². The summed E-state index contributed by atoms with van der Waals surface area (Å²) in [6, 6.07) is 0. The van der Waals surface area contributed by atoms with Crippen molar-refractivity contribution in [3.63, 3.8) is 0 Å². The predicted molar refractivity (Wildman–Crippen MR) is 90.2 cm³/mol. The summed E-state index contributed by atoms with van der Waals surface area (Å²) in [4.78, 5) is 0. The molecule has 2 heteroatoms. The molecule has 0 radical (unpaired) electrons. The molecule has 18 heavy (non-hydrogen) atoms. The third-order valence-electron chi connectivity index (χ3n) is 4.84. The average molecular weight is 368 g/mol. The lowest BCUT2D eigenvalue weighted by molar-refractivity contribution is -0.0244. The van der Waals surface area contributed by atoms with Gasteiger partial charge in [-0.05, 0) is 35.5 Å². The second kappa shape index (κ2) is 7.47. The summed E-state index contributed by atoms with van der Waals surface area (Å²) < 4.78 is 0.602. The molecule has 0 aromatic rings. The Morgan fingerprint density at radius 1 is 0.944 bits per heavy atom. The van der Waals surface area contributed by atoms with E-state index >= 15 is 0 Å². The van der Waals surface area contributed by atoms with Gasteiger partial charge in [-0.15, -0.1) is 0 Å². The number of rotatable bonds is 7. The smallest absolute Gasteiger partial charge is 0.0619 e. The molecule has 0 aromatic carbocycles. The quantitative estimate of drug-likeness (QED) is 0.487. The van der Waals surface area contributed by atoms with Gasteiger partial charge in [0.1, 0.15) is 0 Å². The van der Waals surface area contributed by atoms with E-state index in [0.717, 1.165) is 6.42 Å². The number of hydrogen-bond acceptors (Lipinski definition) is 1. The summed E-state index contributed by atoms with van der Waals surface area (Å²) in [6.07, 6.45) is 0.879. The SMILES string of the molecule is CC(C)C(C)CC(C)(C)C(O)C(C)C(C)C(C)I. The Bertz CT molecular complexity index is 235. The maximum Gasteiger partial charge on any atom is 0.0619 e. The highest BCUT2D eigenvalue weighted by molar-refractivity contribution is 14.1. The standard InChI is InChI=1S/C16H33IO/c1-10(2)11(3)9-16(7,8)15(18)13(5)12(4)14(6)17/h10-15,18H,9H2,1-8H3. The van der Waals surface area contributed by atoms with Crippen molar-refractivity contribution in [3.05, 3.63) is 0 Å². The zero-order chi connectivity index (χ0) is 14.7. The summed E-state index contributed by atoms with van der Waals surface area (Å²) in [6.45, 7) is 18.0. The van der Waals surface area contributed by atoms with Crippen molar-refractivity contribution in [1.82, 2.24) is 0 Å². The molecule has 1 N–H and O–H groups in total. The number of aliphatic hydroxyl groups is 1. The van der Waals surface area contributed by atoms with Gasteiger partial charge in [0, 0.05) is 3.92 Å². The summed E-state index contributed by atoms with van der Waals surface area (Å²) in [5.41, 5.74) is 0.00287. The average Bonchev–Trinajstić information content (AvgIpc) is 2.24. The zero-order valence-corrected chi connectivity index (χ0v) is 15.7. The first-order valence-electron chi connectivity index (χ1n) is 7.32. The van der Waals surface area contributed by atoms with E-state index in [4.69, 9.17) is 0 Å². The van der Waals surface area contributed by atoms with Crippen LogP contribution in [-0.2, 0) is 0 Å². The van der Waals surface area contributed by atoms with Crippen molar-refractivity contribution in [3.8, 4) is 0 Å². The van der Waals surface area contributed by atoms with Crippen molar-refractivity contribution < 1.29 is 5.11 Å². The van der Waals surface area contributed by atoms with Gasteiger partial charge in [-0.1, -0.05) is 78.0 Å². The van der Waals surface area contributed by atoms with Crippen LogP contribution in [0.4, 0.5) is 0 Å². The molecule has 5 atom stereocenters. The van der Waals surface area contributed by atoms with Crippen LogP contribution in [-0.4, -0.2) is 15.1 Å². The molecule has 5 unspecified atom stereocenters. The van der Waals surface area contributed by atoms with E-state index in [0.29, 0.717) is 27.6 Å². The van der Waals surface area contributed by atoms with Crippen molar-refractivity contribution in [2.45, 2.75) is 71.8 Å². The van der Waals surface area contributed by atoms with Crippen LogP contribution < -0.4 is 0 Å². The summed E-state index contributed by atoms with van der Waals surface area (Å²) in [5.74, 6) is 2.25. The highest BCUT2D eigenvalue weighted by Gasteiger charge is 2.36. The van der Waals surface area contributed by atoms with Crippen LogP contribution in [0.25, 0.3) is 0 Å². The molecule has 0 amide bonds. The van der Waals surface area contributed by atoms with Crippen molar-refractivity contribution in [2.24, 2.45) is 29.1 Å². The minimum Gasteiger partial charge on any atom is -0.392 e. The van der Waals surface area contributed by atoms with E-state index in [9.17, 15) is 5.11 Å². The summed E-state index contributed by atoms with van der Waals surface area (Å²) >= 11 is 2.47. The molecule has 0 aliphatic carbocycles. The molecular weight excluding hydrogens is 335 g/mol.